The van der Waals surface area contributed by atoms with E-state index in [0.717, 1.165) is 30.0 Å². The van der Waals surface area contributed by atoms with Crippen LogP contribution in [0.25, 0.3) is 0 Å². The largest absolute Gasteiger partial charge is 0.465 e. The van der Waals surface area contributed by atoms with Crippen LogP contribution in [0.4, 0.5) is 45.2 Å². The van der Waals surface area contributed by atoms with Crippen LogP contribution in [0.1, 0.15) is 61.1 Å². The monoisotopic (exact) mass is 616 g/mol. The van der Waals surface area contributed by atoms with Crippen molar-refractivity contribution >= 4 is 18.1 Å². The number of nitrogens with one attached hydrogen (secondary N) is 1. The Kier molecular flexibility index (Phi) is 11.3. The number of hydrogen-bond acceptors (Lipinski definition) is 5. The van der Waals surface area contributed by atoms with Crippen molar-refractivity contribution in [1.29, 1.82) is 0 Å². The molecule has 42 heavy (non-hydrogen) atoms. The van der Waals surface area contributed by atoms with Gasteiger partial charge in [-0.15, -0.1) is 0 Å². The Morgan fingerprint density at radius 2 is 1.50 bits per heavy atom. The van der Waals surface area contributed by atoms with Gasteiger partial charge in [0.15, 0.2) is 0 Å². The summed E-state index contributed by atoms with van der Waals surface area (Å²) in [5, 5.41) is 2.99. The summed E-state index contributed by atoms with van der Waals surface area (Å²) in [4.78, 5) is 22.9. The van der Waals surface area contributed by atoms with Crippen molar-refractivity contribution in [3.8, 4) is 0 Å². The summed E-state index contributed by atoms with van der Waals surface area (Å²) in [6.45, 7) is 4.49. The maximum Gasteiger partial charge on any atom is 0.416 e. The molecule has 0 unspecified atom stereocenters. The molecule has 0 aromatic heterocycles. The fourth-order valence-electron chi connectivity index (χ4n) is 4.29. The number of hydrogen-bond donors (Lipinski definition) is 1. The number of rotatable bonds is 7. The summed E-state index contributed by atoms with van der Waals surface area (Å²) in [5.41, 5.74) is -4.32. The highest BCUT2D eigenvalue weighted by Gasteiger charge is 2.39. The molecule has 234 valence electrons. The number of anilines is 1. The molecule has 0 fully saturated rings. The van der Waals surface area contributed by atoms with Crippen molar-refractivity contribution < 1.29 is 58.6 Å². The molecule has 0 saturated heterocycles. The molecule has 1 aliphatic heterocycles. The average molecular weight is 617 g/mol. The molecule has 2 aromatic carbocycles. The fraction of sp³-hybridized carbons (Fsp3) is 0.481. The first-order valence-electron chi connectivity index (χ1n) is 12.4. The third-order valence-electron chi connectivity index (χ3n) is 6.08. The Hall–Kier alpha value is -3.49. The Morgan fingerprint density at radius 1 is 0.952 bits per heavy atom. The summed E-state index contributed by atoms with van der Waals surface area (Å²) < 4.78 is 129. The second-order valence-electron chi connectivity index (χ2n) is 9.69. The van der Waals surface area contributed by atoms with Gasteiger partial charge in [-0.05, 0) is 67.8 Å². The Balaban J connectivity index is 0.000000928. The summed E-state index contributed by atoms with van der Waals surface area (Å²) in [6, 6.07) is 2.20. The van der Waals surface area contributed by atoms with E-state index in [1.54, 1.807) is 13.8 Å². The standard InChI is InChI=1S/C23H21F9N2O2.C4H8O2/c1-12(35)34(10-13-5-15(22(27,28)29)7-16(6-13)23(30,31)32)20-9-17(11-36-2)33-19-4-3-14(8-18(19)20)21(24,25)26;1-4(2)6-3-5/h3-8,17,20,33H,9-11H2,1-2H3;3-4H,1-2H3/t17-,20-;/m0./s1. The van der Waals surface area contributed by atoms with Gasteiger partial charge in [0, 0.05) is 26.3 Å². The molecule has 1 amide bonds. The van der Waals surface area contributed by atoms with E-state index in [9.17, 15) is 49.1 Å². The zero-order valence-corrected chi connectivity index (χ0v) is 22.9. The third kappa shape index (κ3) is 9.53. The maximum absolute atomic E-state index is 13.4. The molecule has 3 rings (SSSR count). The van der Waals surface area contributed by atoms with Crippen LogP contribution in [0.3, 0.4) is 0 Å². The molecule has 2 atom stereocenters. The van der Waals surface area contributed by atoms with Gasteiger partial charge in [-0.2, -0.15) is 39.5 Å². The highest BCUT2D eigenvalue weighted by molar-refractivity contribution is 5.75. The maximum atomic E-state index is 13.4. The predicted octanol–water partition coefficient (Wildman–Crippen LogP) is 7.23. The fourth-order valence-corrected chi connectivity index (χ4v) is 4.29. The van der Waals surface area contributed by atoms with Crippen LogP contribution in [-0.2, 0) is 44.1 Å². The van der Waals surface area contributed by atoms with E-state index in [4.69, 9.17) is 4.74 Å². The number of carbonyl (C=O) groups is 2. The van der Waals surface area contributed by atoms with Crippen LogP contribution in [0.15, 0.2) is 36.4 Å². The lowest BCUT2D eigenvalue weighted by Gasteiger charge is -2.40. The minimum absolute atomic E-state index is 0.00677. The molecule has 0 saturated carbocycles. The number of fused-ring (bicyclic) bond motifs is 1. The van der Waals surface area contributed by atoms with Gasteiger partial charge in [0.05, 0.1) is 41.5 Å². The van der Waals surface area contributed by atoms with Crippen LogP contribution in [0, 0.1) is 0 Å². The van der Waals surface area contributed by atoms with Gasteiger partial charge < -0.3 is 19.7 Å². The van der Waals surface area contributed by atoms with E-state index >= 15 is 0 Å². The molecule has 0 radical (unpaired) electrons. The molecule has 0 bridgehead atoms. The molecular formula is C27H29F9N2O4. The molecular weight excluding hydrogens is 587 g/mol. The summed E-state index contributed by atoms with van der Waals surface area (Å²) in [5.74, 6) is -0.743. The van der Waals surface area contributed by atoms with Crippen molar-refractivity contribution in [2.75, 3.05) is 19.0 Å². The summed E-state index contributed by atoms with van der Waals surface area (Å²) >= 11 is 0. The first-order valence-corrected chi connectivity index (χ1v) is 12.4. The van der Waals surface area contributed by atoms with Gasteiger partial charge in [-0.25, -0.2) is 0 Å². The van der Waals surface area contributed by atoms with Crippen LogP contribution < -0.4 is 5.32 Å². The van der Waals surface area contributed by atoms with Crippen molar-refractivity contribution in [3.05, 3.63) is 64.2 Å². The normalized spacial score (nSPS) is 17.0. The third-order valence-corrected chi connectivity index (χ3v) is 6.08. The predicted molar refractivity (Wildman–Crippen MR) is 133 cm³/mol. The van der Waals surface area contributed by atoms with Gasteiger partial charge >= 0.3 is 18.5 Å². The molecule has 15 heteroatoms. The number of benzene rings is 2. The molecule has 2 aromatic rings. The van der Waals surface area contributed by atoms with Crippen LogP contribution in [0.2, 0.25) is 0 Å². The summed E-state index contributed by atoms with van der Waals surface area (Å²) in [6.07, 6.45) is -14.9. The number of carbonyl (C=O) groups excluding carboxylic acids is 2. The number of halogens is 9. The van der Waals surface area contributed by atoms with Gasteiger partial charge in [0.1, 0.15) is 0 Å². The van der Waals surface area contributed by atoms with Gasteiger partial charge in [-0.3, -0.25) is 9.59 Å². The Labute approximate surface area is 235 Å². The zero-order valence-electron chi connectivity index (χ0n) is 22.9. The average Bonchev–Trinajstić information content (AvgIpc) is 2.85. The number of nitrogens with zero attached hydrogens (tertiary/aromatic N) is 1. The lowest BCUT2D eigenvalue weighted by atomic mass is 9.90. The lowest BCUT2D eigenvalue weighted by Crippen LogP contribution is -2.41. The van der Waals surface area contributed by atoms with Crippen LogP contribution >= 0.6 is 0 Å². The Morgan fingerprint density at radius 3 is 1.90 bits per heavy atom. The number of methoxy groups -OCH3 is 1. The lowest BCUT2D eigenvalue weighted by molar-refractivity contribution is -0.143. The van der Waals surface area contributed by atoms with E-state index in [1.807, 2.05) is 0 Å². The van der Waals surface area contributed by atoms with Crippen molar-refractivity contribution in [3.63, 3.8) is 0 Å². The van der Waals surface area contributed by atoms with Crippen LogP contribution in [-0.4, -0.2) is 43.1 Å². The molecule has 1 aliphatic rings. The zero-order chi connectivity index (χ0) is 32.0. The molecule has 1 N–H and O–H groups in total. The van der Waals surface area contributed by atoms with E-state index in [2.05, 4.69) is 10.1 Å². The summed E-state index contributed by atoms with van der Waals surface area (Å²) in [7, 11) is 1.38. The van der Waals surface area contributed by atoms with Gasteiger partial charge in [0.25, 0.3) is 6.47 Å². The highest BCUT2D eigenvalue weighted by atomic mass is 19.4. The number of amides is 1. The highest BCUT2D eigenvalue weighted by Crippen LogP contribution is 2.42. The van der Waals surface area contributed by atoms with E-state index in [1.165, 1.54) is 7.11 Å². The van der Waals surface area contributed by atoms with E-state index < -0.39 is 65.3 Å². The number of alkyl halides is 9. The van der Waals surface area contributed by atoms with Crippen molar-refractivity contribution in [2.45, 2.75) is 70.5 Å². The van der Waals surface area contributed by atoms with Gasteiger partial charge in [-0.1, -0.05) is 0 Å². The molecule has 1 heterocycles. The van der Waals surface area contributed by atoms with Gasteiger partial charge in [0.2, 0.25) is 5.91 Å². The topological polar surface area (TPSA) is 67.9 Å². The van der Waals surface area contributed by atoms with E-state index in [-0.39, 0.29) is 36.4 Å². The van der Waals surface area contributed by atoms with E-state index in [0.29, 0.717) is 18.6 Å². The smallest absolute Gasteiger partial charge is 0.416 e. The number of ether oxygens (including phenoxy) is 2. The SMILES string of the molecule is CC(C)OC=O.COC[C@@H]1C[C@H](N(Cc2cc(C(F)(F)F)cc(C(F)(F)F)c2)C(C)=O)c2cc(C(F)(F)F)ccc2N1. The first kappa shape index (κ1) is 34.7. The van der Waals surface area contributed by atoms with Crippen LogP contribution in [0.5, 0.6) is 0 Å². The quantitative estimate of drug-likeness (QED) is 0.263. The van der Waals surface area contributed by atoms with Crippen molar-refractivity contribution in [1.82, 2.24) is 4.90 Å². The molecule has 6 nitrogen and oxygen atoms in total. The first-order chi connectivity index (χ1) is 19.3. The minimum Gasteiger partial charge on any atom is -0.465 e. The second-order valence-corrected chi connectivity index (χ2v) is 9.69. The minimum atomic E-state index is -5.09. The second kappa shape index (κ2) is 13.7. The Bertz CT molecular complexity index is 1200. The molecule has 0 aliphatic carbocycles. The van der Waals surface area contributed by atoms with Crippen molar-refractivity contribution in [2.24, 2.45) is 0 Å². The molecule has 0 spiro atoms.